The Balaban J connectivity index is 1.32. The quantitative estimate of drug-likeness (QED) is 0.297. The number of aromatic nitrogens is 8. The largest absolute Gasteiger partial charge is 0.480 e. The number of hydrogen-bond donors (Lipinski definition) is 0. The highest BCUT2D eigenvalue weighted by Crippen LogP contribution is 2.44. The maximum absolute atomic E-state index is 13.2. The van der Waals surface area contributed by atoms with Crippen LogP contribution in [0.15, 0.2) is 49.1 Å². The minimum atomic E-state index is -0.579. The van der Waals surface area contributed by atoms with Crippen LogP contribution in [-0.4, -0.2) is 46.6 Å². The van der Waals surface area contributed by atoms with Crippen molar-refractivity contribution in [2.24, 2.45) is 0 Å². The van der Waals surface area contributed by atoms with E-state index in [2.05, 4.69) is 39.0 Å². The van der Waals surface area contributed by atoms with E-state index >= 15 is 0 Å². The van der Waals surface area contributed by atoms with Crippen molar-refractivity contribution in [3.05, 3.63) is 71.7 Å². The normalized spacial score (nSPS) is 13.5. The molecule has 4 heterocycles. The first-order valence-corrected chi connectivity index (χ1v) is 12.4. The van der Waals surface area contributed by atoms with E-state index < -0.39 is 6.67 Å². The zero-order chi connectivity index (χ0) is 25.5. The maximum atomic E-state index is 13.2. The lowest BCUT2D eigenvalue weighted by Gasteiger charge is -2.12. The molecule has 1 saturated carbocycles. The van der Waals surface area contributed by atoms with Gasteiger partial charge in [-0.1, -0.05) is 26.0 Å². The van der Waals surface area contributed by atoms with Gasteiger partial charge in [-0.25, -0.2) is 33.7 Å². The Morgan fingerprint density at radius 1 is 1.08 bits per heavy atom. The van der Waals surface area contributed by atoms with E-state index in [9.17, 15) is 4.39 Å². The summed E-state index contributed by atoms with van der Waals surface area (Å²) in [5.41, 5.74) is 5.78. The summed E-state index contributed by atoms with van der Waals surface area (Å²) in [4.78, 5) is 18.3. The molecule has 0 aliphatic heterocycles. The molecule has 1 aromatic carbocycles. The van der Waals surface area contributed by atoms with Gasteiger partial charge in [0, 0.05) is 17.8 Å². The van der Waals surface area contributed by atoms with Crippen LogP contribution in [0.5, 0.6) is 5.88 Å². The van der Waals surface area contributed by atoms with Gasteiger partial charge in [0.05, 0.1) is 42.3 Å². The van der Waals surface area contributed by atoms with Crippen molar-refractivity contribution < 1.29 is 9.13 Å². The van der Waals surface area contributed by atoms with Crippen molar-refractivity contribution >= 4 is 11.0 Å². The summed E-state index contributed by atoms with van der Waals surface area (Å²) in [6.45, 7) is 4.11. The number of methoxy groups -OCH3 is 1. The van der Waals surface area contributed by atoms with Crippen molar-refractivity contribution in [2.75, 3.05) is 7.11 Å². The molecule has 5 aromatic rings. The van der Waals surface area contributed by atoms with Gasteiger partial charge in [0.25, 0.3) is 0 Å². The topological polar surface area (TPSA) is 96.4 Å². The Morgan fingerprint density at radius 2 is 1.89 bits per heavy atom. The highest BCUT2D eigenvalue weighted by Gasteiger charge is 2.31. The Hall–Kier alpha value is -4.21. The van der Waals surface area contributed by atoms with Gasteiger partial charge < -0.3 is 4.74 Å². The second kappa shape index (κ2) is 9.34. The van der Waals surface area contributed by atoms with Crippen LogP contribution in [0.25, 0.3) is 28.1 Å². The summed E-state index contributed by atoms with van der Waals surface area (Å²) < 4.78 is 22.4. The summed E-state index contributed by atoms with van der Waals surface area (Å²) >= 11 is 0. The first kappa shape index (κ1) is 23.2. The zero-order valence-electron chi connectivity index (χ0n) is 21.0. The molecule has 0 saturated heterocycles. The third-order valence-electron chi connectivity index (χ3n) is 6.63. The molecular weight excluding hydrogens is 471 g/mol. The molecule has 10 heteroatoms. The lowest BCUT2D eigenvalue weighted by Crippen LogP contribution is -2.06. The van der Waals surface area contributed by atoms with E-state index in [1.165, 1.54) is 6.33 Å². The summed E-state index contributed by atoms with van der Waals surface area (Å²) in [5.74, 6) is 1.63. The van der Waals surface area contributed by atoms with Gasteiger partial charge in [0.15, 0.2) is 11.5 Å². The predicted octanol–water partition coefficient (Wildman–Crippen LogP) is 5.00. The van der Waals surface area contributed by atoms with E-state index in [0.29, 0.717) is 29.9 Å². The summed E-state index contributed by atoms with van der Waals surface area (Å²) in [6.07, 6.45) is 7.27. The Bertz CT molecular complexity index is 1570. The van der Waals surface area contributed by atoms with Crippen LogP contribution in [-0.2, 0) is 13.2 Å². The van der Waals surface area contributed by atoms with Gasteiger partial charge >= 0.3 is 0 Å². The molecule has 0 radical (unpaired) electrons. The molecule has 6 rings (SSSR count). The molecule has 0 bridgehead atoms. The molecule has 4 aromatic heterocycles. The number of benzene rings is 1. The number of alkyl halides is 1. The van der Waals surface area contributed by atoms with Crippen LogP contribution >= 0.6 is 0 Å². The lowest BCUT2D eigenvalue weighted by molar-refractivity contribution is 0.397. The molecule has 1 aliphatic rings. The number of rotatable bonds is 8. The van der Waals surface area contributed by atoms with Crippen LogP contribution in [0.3, 0.4) is 0 Å². The Kier molecular flexibility index (Phi) is 5.86. The zero-order valence-corrected chi connectivity index (χ0v) is 21.0. The van der Waals surface area contributed by atoms with Crippen LogP contribution in [0.1, 0.15) is 61.2 Å². The minimum Gasteiger partial charge on any atom is -0.480 e. The summed E-state index contributed by atoms with van der Waals surface area (Å²) in [7, 11) is 1.60. The lowest BCUT2D eigenvalue weighted by atomic mass is 10.1. The van der Waals surface area contributed by atoms with Gasteiger partial charge in [-0.2, -0.15) is 10.2 Å². The standard InChI is InChI=1S/C27H27FN8O/c1-16(2)22-10-20(11-28)34-36(22)21-8-4-17(5-9-21)14-35-26-19(13-32-35)12-29-25(33-26)23-24(18-6-7-18)30-15-31-27(23)37-3/h4-5,8-10,12-13,15-16,18H,6-7,11,14H2,1-3H3. The van der Waals surface area contributed by atoms with Crippen molar-refractivity contribution in [2.45, 2.75) is 51.7 Å². The average molecular weight is 499 g/mol. The van der Waals surface area contributed by atoms with E-state index in [1.54, 1.807) is 19.5 Å². The molecule has 0 amide bonds. The average Bonchev–Trinajstić information content (AvgIpc) is 3.56. The SMILES string of the molecule is COc1ncnc(C2CC2)c1-c1ncc2cnn(Cc3ccc(-n4nc(CF)cc4C(C)C)cc3)c2n1. The Labute approximate surface area is 213 Å². The smallest absolute Gasteiger partial charge is 0.227 e. The fourth-order valence-corrected chi connectivity index (χ4v) is 4.56. The predicted molar refractivity (Wildman–Crippen MR) is 136 cm³/mol. The van der Waals surface area contributed by atoms with Gasteiger partial charge in [0.1, 0.15) is 18.6 Å². The van der Waals surface area contributed by atoms with Crippen molar-refractivity contribution in [1.29, 1.82) is 0 Å². The minimum absolute atomic E-state index is 0.228. The van der Waals surface area contributed by atoms with Crippen molar-refractivity contribution in [3.63, 3.8) is 0 Å². The van der Waals surface area contributed by atoms with Gasteiger partial charge in [-0.3, -0.25) is 0 Å². The van der Waals surface area contributed by atoms with E-state index in [1.807, 2.05) is 39.7 Å². The second-order valence-corrected chi connectivity index (χ2v) is 9.62. The number of halogens is 1. The van der Waals surface area contributed by atoms with E-state index in [0.717, 1.165) is 52.1 Å². The molecule has 0 spiro atoms. The highest BCUT2D eigenvalue weighted by atomic mass is 19.1. The maximum Gasteiger partial charge on any atom is 0.227 e. The number of ether oxygens (including phenoxy) is 1. The van der Waals surface area contributed by atoms with E-state index in [-0.39, 0.29) is 5.92 Å². The van der Waals surface area contributed by atoms with E-state index in [4.69, 9.17) is 9.72 Å². The molecule has 1 fully saturated rings. The summed E-state index contributed by atoms with van der Waals surface area (Å²) in [5, 5.41) is 9.84. The van der Waals surface area contributed by atoms with Crippen LogP contribution in [0.2, 0.25) is 0 Å². The molecule has 188 valence electrons. The summed E-state index contributed by atoms with van der Waals surface area (Å²) in [6, 6.07) is 9.89. The third kappa shape index (κ3) is 4.32. The third-order valence-corrected chi connectivity index (χ3v) is 6.63. The van der Waals surface area contributed by atoms with Gasteiger partial charge in [-0.05, 0) is 42.5 Å². The molecular formula is C27H27FN8O. The van der Waals surface area contributed by atoms with Crippen molar-refractivity contribution in [3.8, 4) is 23.0 Å². The first-order chi connectivity index (χ1) is 18.1. The Morgan fingerprint density at radius 3 is 2.59 bits per heavy atom. The fourth-order valence-electron chi connectivity index (χ4n) is 4.56. The molecule has 0 N–H and O–H groups in total. The molecule has 1 aliphatic carbocycles. The van der Waals surface area contributed by atoms with Crippen molar-refractivity contribution in [1.82, 2.24) is 39.5 Å². The van der Waals surface area contributed by atoms with Gasteiger partial charge in [0.2, 0.25) is 5.88 Å². The number of hydrogen-bond acceptors (Lipinski definition) is 7. The van der Waals surface area contributed by atoms with Crippen LogP contribution < -0.4 is 4.74 Å². The molecule has 9 nitrogen and oxygen atoms in total. The number of nitrogens with zero attached hydrogens (tertiary/aromatic N) is 8. The highest BCUT2D eigenvalue weighted by molar-refractivity contribution is 5.77. The van der Waals surface area contributed by atoms with Crippen LogP contribution in [0.4, 0.5) is 4.39 Å². The van der Waals surface area contributed by atoms with Gasteiger partial charge in [-0.15, -0.1) is 0 Å². The monoisotopic (exact) mass is 498 g/mol. The molecule has 0 unspecified atom stereocenters. The fraction of sp³-hybridized carbons (Fsp3) is 0.333. The first-order valence-electron chi connectivity index (χ1n) is 12.4. The van der Waals surface area contributed by atoms with Crippen LogP contribution in [0, 0.1) is 0 Å². The second-order valence-electron chi connectivity index (χ2n) is 9.62. The molecule has 0 atom stereocenters. The number of fused-ring (bicyclic) bond motifs is 1. The molecule has 37 heavy (non-hydrogen) atoms.